The van der Waals surface area contributed by atoms with Crippen LogP contribution in [0.2, 0.25) is 0 Å². The molecule has 0 spiro atoms. The molecule has 84 valence electrons. The molecule has 3 nitrogen and oxygen atoms in total. The van der Waals surface area contributed by atoms with Gasteiger partial charge in [0.15, 0.2) is 0 Å². The van der Waals surface area contributed by atoms with Crippen molar-refractivity contribution in [3.05, 3.63) is 24.0 Å². The molecule has 1 aromatic heterocycles. The first kappa shape index (κ1) is 10.7. The highest BCUT2D eigenvalue weighted by molar-refractivity contribution is 5.23. The maximum Gasteiger partial charge on any atom is 0.0610 e. The summed E-state index contributed by atoms with van der Waals surface area (Å²) in [5, 5.41) is 3.29. The van der Waals surface area contributed by atoms with Crippen LogP contribution in [0.1, 0.15) is 19.0 Å². The summed E-state index contributed by atoms with van der Waals surface area (Å²) in [6.07, 6.45) is 3.19. The SMILES string of the molecule is CCC(CNC)C1(c2ccc[nH]2)COC1. The number of ether oxygens (including phenoxy) is 1. The lowest BCUT2D eigenvalue weighted by atomic mass is 9.70. The Morgan fingerprint density at radius 3 is 2.80 bits per heavy atom. The van der Waals surface area contributed by atoms with Gasteiger partial charge in [0, 0.05) is 11.9 Å². The molecule has 1 atom stereocenters. The van der Waals surface area contributed by atoms with E-state index < -0.39 is 0 Å². The molecule has 0 aromatic carbocycles. The third kappa shape index (κ3) is 1.70. The van der Waals surface area contributed by atoms with Gasteiger partial charge in [-0.1, -0.05) is 13.3 Å². The molecule has 1 fully saturated rings. The van der Waals surface area contributed by atoms with Crippen molar-refractivity contribution in [1.29, 1.82) is 0 Å². The van der Waals surface area contributed by atoms with Crippen molar-refractivity contribution in [1.82, 2.24) is 10.3 Å². The minimum atomic E-state index is 0.223. The molecular formula is C12H20N2O. The van der Waals surface area contributed by atoms with E-state index in [0.29, 0.717) is 5.92 Å². The minimum Gasteiger partial charge on any atom is -0.379 e. The molecular weight excluding hydrogens is 188 g/mol. The van der Waals surface area contributed by atoms with Crippen molar-refractivity contribution in [2.75, 3.05) is 26.8 Å². The van der Waals surface area contributed by atoms with Crippen molar-refractivity contribution in [2.24, 2.45) is 5.92 Å². The molecule has 2 heterocycles. The summed E-state index contributed by atoms with van der Waals surface area (Å²) in [5.41, 5.74) is 1.55. The van der Waals surface area contributed by atoms with Crippen LogP contribution in [0.5, 0.6) is 0 Å². The van der Waals surface area contributed by atoms with Crippen LogP contribution < -0.4 is 5.32 Å². The van der Waals surface area contributed by atoms with Crippen LogP contribution >= 0.6 is 0 Å². The summed E-state index contributed by atoms with van der Waals surface area (Å²) in [4.78, 5) is 3.35. The molecule has 1 aliphatic rings. The maximum absolute atomic E-state index is 5.44. The summed E-state index contributed by atoms with van der Waals surface area (Å²) in [5.74, 6) is 0.648. The first-order chi connectivity index (χ1) is 7.33. The van der Waals surface area contributed by atoms with Crippen LogP contribution in [0.15, 0.2) is 18.3 Å². The number of H-pyrrole nitrogens is 1. The number of aromatic nitrogens is 1. The molecule has 3 heteroatoms. The molecule has 15 heavy (non-hydrogen) atoms. The Balaban J connectivity index is 2.20. The van der Waals surface area contributed by atoms with E-state index in [2.05, 4.69) is 29.4 Å². The Kier molecular flexibility index (Phi) is 3.12. The van der Waals surface area contributed by atoms with Gasteiger partial charge in [0.1, 0.15) is 0 Å². The van der Waals surface area contributed by atoms with Crippen LogP contribution in [0, 0.1) is 5.92 Å². The first-order valence-corrected chi connectivity index (χ1v) is 5.69. The van der Waals surface area contributed by atoms with E-state index in [1.165, 1.54) is 12.1 Å². The zero-order chi connectivity index (χ0) is 10.7. The van der Waals surface area contributed by atoms with Gasteiger partial charge in [-0.25, -0.2) is 0 Å². The molecule has 1 unspecified atom stereocenters. The van der Waals surface area contributed by atoms with Crippen molar-refractivity contribution in [2.45, 2.75) is 18.8 Å². The van der Waals surface area contributed by atoms with E-state index in [1.807, 2.05) is 13.2 Å². The number of hydrogen-bond acceptors (Lipinski definition) is 2. The lowest BCUT2D eigenvalue weighted by Gasteiger charge is -2.46. The summed E-state index contributed by atoms with van der Waals surface area (Å²) < 4.78 is 5.44. The second-order valence-corrected chi connectivity index (χ2v) is 4.40. The van der Waals surface area contributed by atoms with Crippen molar-refractivity contribution in [3.63, 3.8) is 0 Å². The lowest BCUT2D eigenvalue weighted by Crippen LogP contribution is -2.54. The highest BCUT2D eigenvalue weighted by Gasteiger charge is 2.46. The van der Waals surface area contributed by atoms with Gasteiger partial charge in [0.25, 0.3) is 0 Å². The van der Waals surface area contributed by atoms with E-state index >= 15 is 0 Å². The van der Waals surface area contributed by atoms with E-state index in [4.69, 9.17) is 4.74 Å². The van der Waals surface area contributed by atoms with E-state index in [9.17, 15) is 0 Å². The predicted octanol–water partition coefficient (Wildman–Crippen LogP) is 1.53. The molecule has 1 aliphatic heterocycles. The second-order valence-electron chi connectivity index (χ2n) is 4.40. The molecule has 0 amide bonds. The average Bonchev–Trinajstić information content (AvgIpc) is 2.68. The van der Waals surface area contributed by atoms with E-state index in [0.717, 1.165) is 19.8 Å². The smallest absolute Gasteiger partial charge is 0.0610 e. The largest absolute Gasteiger partial charge is 0.379 e. The molecule has 0 radical (unpaired) electrons. The summed E-state index contributed by atoms with van der Waals surface area (Å²) in [6.45, 7) is 5.02. The Labute approximate surface area is 91.2 Å². The Morgan fingerprint density at radius 1 is 1.60 bits per heavy atom. The first-order valence-electron chi connectivity index (χ1n) is 5.69. The third-order valence-electron chi connectivity index (χ3n) is 3.58. The number of nitrogens with one attached hydrogen (secondary N) is 2. The highest BCUT2D eigenvalue weighted by atomic mass is 16.5. The Bertz CT molecular complexity index is 291. The summed E-state index contributed by atoms with van der Waals surface area (Å²) in [6, 6.07) is 4.25. The average molecular weight is 208 g/mol. The van der Waals surface area contributed by atoms with E-state index in [1.54, 1.807) is 0 Å². The summed E-state index contributed by atoms with van der Waals surface area (Å²) >= 11 is 0. The molecule has 1 saturated heterocycles. The van der Waals surface area contributed by atoms with Gasteiger partial charge in [-0.3, -0.25) is 0 Å². The van der Waals surface area contributed by atoms with Gasteiger partial charge in [0.05, 0.1) is 18.6 Å². The topological polar surface area (TPSA) is 37.0 Å². The van der Waals surface area contributed by atoms with Gasteiger partial charge in [-0.15, -0.1) is 0 Å². The van der Waals surface area contributed by atoms with Gasteiger partial charge in [-0.05, 0) is 31.6 Å². The monoisotopic (exact) mass is 208 g/mol. The van der Waals surface area contributed by atoms with E-state index in [-0.39, 0.29) is 5.41 Å². The van der Waals surface area contributed by atoms with Gasteiger partial charge in [-0.2, -0.15) is 0 Å². The van der Waals surface area contributed by atoms with Crippen LogP contribution in [0.3, 0.4) is 0 Å². The Hall–Kier alpha value is -0.800. The zero-order valence-electron chi connectivity index (χ0n) is 9.55. The lowest BCUT2D eigenvalue weighted by molar-refractivity contribution is -0.0929. The summed E-state index contributed by atoms with van der Waals surface area (Å²) in [7, 11) is 2.02. The standard InChI is InChI=1S/C12H20N2O/c1-3-10(7-13-2)12(8-15-9-12)11-5-4-6-14-11/h4-6,10,13-14H,3,7-9H2,1-2H3. The second kappa shape index (κ2) is 4.37. The molecule has 0 bridgehead atoms. The van der Waals surface area contributed by atoms with Crippen LogP contribution in [0.4, 0.5) is 0 Å². The van der Waals surface area contributed by atoms with Crippen LogP contribution in [-0.4, -0.2) is 31.8 Å². The molecule has 1 aromatic rings. The van der Waals surface area contributed by atoms with Crippen molar-refractivity contribution < 1.29 is 4.74 Å². The minimum absolute atomic E-state index is 0.223. The van der Waals surface area contributed by atoms with Gasteiger partial charge < -0.3 is 15.0 Å². The number of rotatable bonds is 5. The normalized spacial score (nSPS) is 20.9. The van der Waals surface area contributed by atoms with Crippen LogP contribution in [-0.2, 0) is 10.2 Å². The molecule has 0 saturated carbocycles. The van der Waals surface area contributed by atoms with Crippen LogP contribution in [0.25, 0.3) is 0 Å². The molecule has 2 rings (SSSR count). The number of hydrogen-bond donors (Lipinski definition) is 2. The zero-order valence-corrected chi connectivity index (χ0v) is 9.55. The maximum atomic E-state index is 5.44. The third-order valence-corrected chi connectivity index (χ3v) is 3.58. The molecule has 0 aliphatic carbocycles. The quantitative estimate of drug-likeness (QED) is 0.770. The van der Waals surface area contributed by atoms with Crippen molar-refractivity contribution >= 4 is 0 Å². The highest BCUT2D eigenvalue weighted by Crippen LogP contribution is 2.39. The predicted molar refractivity (Wildman–Crippen MR) is 61.0 cm³/mol. The van der Waals surface area contributed by atoms with Gasteiger partial charge in [0.2, 0.25) is 0 Å². The Morgan fingerprint density at radius 2 is 2.40 bits per heavy atom. The molecule has 2 N–H and O–H groups in total. The fourth-order valence-corrected chi connectivity index (χ4v) is 2.55. The van der Waals surface area contributed by atoms with Gasteiger partial charge >= 0.3 is 0 Å². The number of aromatic amines is 1. The van der Waals surface area contributed by atoms with Crippen molar-refractivity contribution in [3.8, 4) is 0 Å². The fourth-order valence-electron chi connectivity index (χ4n) is 2.55. The fraction of sp³-hybridized carbons (Fsp3) is 0.667.